The minimum absolute atomic E-state index is 0.125. The first kappa shape index (κ1) is 21.9. The second-order valence-electron chi connectivity index (χ2n) is 8.22. The molecular weight excluding hydrogens is 445 g/mol. The summed E-state index contributed by atoms with van der Waals surface area (Å²) in [5.74, 6) is -0.147. The maximum Gasteiger partial charge on any atom is 0.573 e. The summed E-state index contributed by atoms with van der Waals surface area (Å²) in [5, 5.41) is 12.3. The molecule has 0 bridgehead atoms. The Morgan fingerprint density at radius 1 is 0.853 bits per heavy atom. The molecule has 1 fully saturated rings. The van der Waals surface area contributed by atoms with Crippen molar-refractivity contribution in [3.05, 3.63) is 78.8 Å². The monoisotopic (exact) mass is 468 g/mol. The van der Waals surface area contributed by atoms with E-state index < -0.39 is 6.36 Å². The molecule has 0 atom stereocenters. The van der Waals surface area contributed by atoms with Gasteiger partial charge in [-0.25, -0.2) is 0 Å². The van der Waals surface area contributed by atoms with Gasteiger partial charge in [0.2, 0.25) is 0 Å². The average molecular weight is 468 g/mol. The van der Waals surface area contributed by atoms with Gasteiger partial charge in [0, 0.05) is 66.9 Å². The van der Waals surface area contributed by atoms with Crippen LogP contribution in [0.25, 0.3) is 10.8 Å². The number of halogens is 3. The number of piperazine rings is 1. The van der Waals surface area contributed by atoms with Gasteiger partial charge in [0.15, 0.2) is 5.88 Å². The van der Waals surface area contributed by atoms with E-state index in [9.17, 15) is 18.3 Å². The van der Waals surface area contributed by atoms with E-state index in [1.165, 1.54) is 17.8 Å². The van der Waals surface area contributed by atoms with Crippen molar-refractivity contribution < 1.29 is 23.0 Å². The van der Waals surface area contributed by atoms with Crippen molar-refractivity contribution in [2.45, 2.75) is 12.9 Å². The molecule has 0 spiro atoms. The molecule has 0 radical (unpaired) electrons. The summed E-state index contributed by atoms with van der Waals surface area (Å²) in [6.45, 7) is 3.90. The lowest BCUT2D eigenvalue weighted by Gasteiger charge is -2.37. The number of pyridine rings is 1. The smallest absolute Gasteiger partial charge is 0.494 e. The minimum atomic E-state index is -4.72. The third-order valence-corrected chi connectivity index (χ3v) is 6.03. The zero-order chi connectivity index (χ0) is 23.7. The number of anilines is 2. The quantitative estimate of drug-likeness (QED) is 0.446. The van der Waals surface area contributed by atoms with Gasteiger partial charge < -0.3 is 24.2 Å². The molecule has 1 aliphatic heterocycles. The standard InChI is InChI=1S/C25H23F3N4O2/c26-25(27,28)34-22-4-1-18(2-5-22)16-32-17-19-15-21(3-6-23(19)24(32)33)31-13-11-30(12-14-31)20-7-9-29-10-8-20/h1-10,15,17,33H,11-14,16H2. The van der Waals surface area contributed by atoms with Gasteiger partial charge >= 0.3 is 6.36 Å². The predicted molar refractivity (Wildman–Crippen MR) is 124 cm³/mol. The van der Waals surface area contributed by atoms with Gasteiger partial charge in [0.25, 0.3) is 0 Å². The van der Waals surface area contributed by atoms with Crippen LogP contribution in [0.1, 0.15) is 5.56 Å². The highest BCUT2D eigenvalue weighted by Gasteiger charge is 2.31. The largest absolute Gasteiger partial charge is 0.573 e. The molecule has 4 aromatic rings. The fourth-order valence-electron chi connectivity index (χ4n) is 4.33. The molecule has 1 N–H and O–H groups in total. The molecule has 176 valence electrons. The van der Waals surface area contributed by atoms with Gasteiger partial charge in [-0.3, -0.25) is 4.98 Å². The number of rotatable bonds is 5. The number of ether oxygens (including phenoxy) is 1. The second-order valence-corrected chi connectivity index (χ2v) is 8.22. The summed E-state index contributed by atoms with van der Waals surface area (Å²) >= 11 is 0. The van der Waals surface area contributed by atoms with Crippen LogP contribution in [-0.2, 0) is 6.54 Å². The van der Waals surface area contributed by atoms with Crippen molar-refractivity contribution in [1.82, 2.24) is 9.55 Å². The number of nitrogens with zero attached hydrogens (tertiary/aromatic N) is 4. The van der Waals surface area contributed by atoms with Crippen molar-refractivity contribution in [3.8, 4) is 11.6 Å². The highest BCUT2D eigenvalue weighted by molar-refractivity contribution is 5.90. The minimum Gasteiger partial charge on any atom is -0.494 e. The second kappa shape index (κ2) is 8.81. The van der Waals surface area contributed by atoms with Crippen molar-refractivity contribution in [3.63, 3.8) is 0 Å². The molecule has 3 heterocycles. The van der Waals surface area contributed by atoms with Gasteiger partial charge in [-0.1, -0.05) is 12.1 Å². The molecule has 1 aliphatic rings. The first-order chi connectivity index (χ1) is 16.4. The van der Waals surface area contributed by atoms with Crippen molar-refractivity contribution in [2.24, 2.45) is 0 Å². The highest BCUT2D eigenvalue weighted by atomic mass is 19.4. The lowest BCUT2D eigenvalue weighted by molar-refractivity contribution is -0.274. The van der Waals surface area contributed by atoms with E-state index >= 15 is 0 Å². The number of fused-ring (bicyclic) bond motifs is 1. The van der Waals surface area contributed by atoms with E-state index in [4.69, 9.17) is 0 Å². The summed E-state index contributed by atoms with van der Waals surface area (Å²) in [6.07, 6.45) is 0.748. The Kier molecular flexibility index (Phi) is 5.69. The van der Waals surface area contributed by atoms with Gasteiger partial charge in [0.1, 0.15) is 5.75 Å². The molecule has 1 saturated heterocycles. The molecule has 0 amide bonds. The van der Waals surface area contributed by atoms with Crippen molar-refractivity contribution >= 4 is 22.1 Å². The molecule has 6 nitrogen and oxygen atoms in total. The number of aromatic hydroxyl groups is 1. The number of alkyl halides is 3. The summed E-state index contributed by atoms with van der Waals surface area (Å²) in [4.78, 5) is 8.74. The van der Waals surface area contributed by atoms with Crippen LogP contribution in [-0.4, -0.2) is 47.2 Å². The summed E-state index contributed by atoms with van der Waals surface area (Å²) in [5.41, 5.74) is 3.01. The Labute approximate surface area is 194 Å². The van der Waals surface area contributed by atoms with Crippen LogP contribution in [0.2, 0.25) is 0 Å². The van der Waals surface area contributed by atoms with E-state index in [0.717, 1.165) is 48.2 Å². The number of hydrogen-bond acceptors (Lipinski definition) is 5. The first-order valence-electron chi connectivity index (χ1n) is 10.9. The fourth-order valence-corrected chi connectivity index (χ4v) is 4.33. The third-order valence-electron chi connectivity index (χ3n) is 6.03. The summed E-state index contributed by atoms with van der Waals surface area (Å²) < 4.78 is 42.7. The van der Waals surface area contributed by atoms with Crippen LogP contribution >= 0.6 is 0 Å². The maximum absolute atomic E-state index is 12.4. The first-order valence-corrected chi connectivity index (χ1v) is 10.9. The molecule has 0 unspecified atom stereocenters. The molecule has 34 heavy (non-hydrogen) atoms. The third kappa shape index (κ3) is 4.73. The van der Waals surface area contributed by atoms with Gasteiger partial charge in [0.05, 0.1) is 6.54 Å². The lowest BCUT2D eigenvalue weighted by atomic mass is 10.1. The number of aromatic nitrogens is 2. The number of hydrogen-bond donors (Lipinski definition) is 1. The van der Waals surface area contributed by atoms with E-state index in [1.807, 2.05) is 30.5 Å². The average Bonchev–Trinajstić information content (AvgIpc) is 3.14. The highest BCUT2D eigenvalue weighted by Crippen LogP contribution is 2.32. The van der Waals surface area contributed by atoms with Gasteiger partial charge in [-0.05, 0) is 48.0 Å². The molecular formula is C25H23F3N4O2. The molecule has 0 aliphatic carbocycles. The van der Waals surface area contributed by atoms with E-state index in [-0.39, 0.29) is 11.6 Å². The molecule has 9 heteroatoms. The van der Waals surface area contributed by atoms with Crippen LogP contribution in [0.5, 0.6) is 11.6 Å². The van der Waals surface area contributed by atoms with Gasteiger partial charge in [-0.15, -0.1) is 13.2 Å². The van der Waals surface area contributed by atoms with Crippen molar-refractivity contribution in [2.75, 3.05) is 36.0 Å². The normalized spacial score (nSPS) is 14.6. The van der Waals surface area contributed by atoms with E-state index in [0.29, 0.717) is 6.54 Å². The van der Waals surface area contributed by atoms with Crippen LogP contribution in [0.4, 0.5) is 24.5 Å². The van der Waals surface area contributed by atoms with E-state index in [1.54, 1.807) is 29.1 Å². The Bertz CT molecular complexity index is 1270. The Morgan fingerprint density at radius 3 is 2.15 bits per heavy atom. The SMILES string of the molecule is Oc1c2ccc(N3CCN(c4ccncc4)CC3)cc2cn1Cc1ccc(OC(F)(F)F)cc1. The molecule has 2 aromatic heterocycles. The lowest BCUT2D eigenvalue weighted by Crippen LogP contribution is -2.46. The number of benzene rings is 2. The maximum atomic E-state index is 12.4. The molecule has 5 rings (SSSR count). The zero-order valence-electron chi connectivity index (χ0n) is 18.2. The van der Waals surface area contributed by atoms with Crippen LogP contribution in [0, 0.1) is 0 Å². The van der Waals surface area contributed by atoms with Crippen LogP contribution in [0.3, 0.4) is 0 Å². The topological polar surface area (TPSA) is 53.8 Å². The van der Waals surface area contributed by atoms with Crippen LogP contribution in [0.15, 0.2) is 73.2 Å². The van der Waals surface area contributed by atoms with Gasteiger partial charge in [-0.2, -0.15) is 0 Å². The van der Waals surface area contributed by atoms with Crippen LogP contribution < -0.4 is 14.5 Å². The predicted octanol–water partition coefficient (Wildman–Crippen LogP) is 5.02. The summed E-state index contributed by atoms with van der Waals surface area (Å²) in [6, 6.07) is 15.7. The molecule has 2 aromatic carbocycles. The van der Waals surface area contributed by atoms with E-state index in [2.05, 4.69) is 25.6 Å². The Hall–Kier alpha value is -3.88. The Balaban J connectivity index is 1.29. The zero-order valence-corrected chi connectivity index (χ0v) is 18.2. The summed E-state index contributed by atoms with van der Waals surface area (Å²) in [7, 11) is 0. The Morgan fingerprint density at radius 2 is 1.50 bits per heavy atom. The van der Waals surface area contributed by atoms with Crippen molar-refractivity contribution in [1.29, 1.82) is 0 Å². The molecule has 0 saturated carbocycles. The fraction of sp³-hybridized carbons (Fsp3) is 0.240.